The van der Waals surface area contributed by atoms with E-state index in [0.717, 1.165) is 6.42 Å². The van der Waals surface area contributed by atoms with Crippen molar-refractivity contribution in [1.29, 1.82) is 0 Å². The van der Waals surface area contributed by atoms with Crippen LogP contribution in [0.15, 0.2) is 30.5 Å². The molecule has 1 saturated heterocycles. The molecule has 0 aliphatic carbocycles. The van der Waals surface area contributed by atoms with Crippen LogP contribution in [0.1, 0.15) is 12.5 Å². The average molecular weight is 272 g/mol. The van der Waals surface area contributed by atoms with Crippen molar-refractivity contribution in [3.05, 3.63) is 36.0 Å². The highest BCUT2D eigenvalue weighted by atomic mass is 16.5. The van der Waals surface area contributed by atoms with E-state index < -0.39 is 0 Å². The number of carbonyl (C=O) groups excluding carboxylic acids is 1. The molecule has 0 atom stereocenters. The van der Waals surface area contributed by atoms with Gasteiger partial charge in [-0.3, -0.25) is 4.79 Å². The number of rotatable bonds is 3. The molecule has 20 heavy (non-hydrogen) atoms. The number of aromatic nitrogens is 1. The molecular weight excluding hydrogens is 252 g/mol. The lowest BCUT2D eigenvalue weighted by Crippen LogP contribution is -2.42. The number of benzene rings is 1. The Balaban J connectivity index is 1.85. The molecule has 1 fully saturated rings. The van der Waals surface area contributed by atoms with Crippen LogP contribution >= 0.6 is 0 Å². The van der Waals surface area contributed by atoms with Gasteiger partial charge in [0, 0.05) is 19.3 Å². The summed E-state index contributed by atoms with van der Waals surface area (Å²) < 4.78 is 7.37. The number of carbonyl (C=O) groups is 1. The van der Waals surface area contributed by atoms with Gasteiger partial charge in [-0.2, -0.15) is 0 Å². The van der Waals surface area contributed by atoms with Gasteiger partial charge in [0.1, 0.15) is 6.54 Å². The quantitative estimate of drug-likeness (QED) is 0.857. The Kier molecular flexibility index (Phi) is 3.74. The van der Waals surface area contributed by atoms with E-state index in [0.29, 0.717) is 32.8 Å². The summed E-state index contributed by atoms with van der Waals surface area (Å²) in [6.45, 7) is 5.28. The number of ether oxygens (including phenoxy) is 1. The molecule has 1 aliphatic heterocycles. The van der Waals surface area contributed by atoms with E-state index in [1.807, 2.05) is 11.1 Å². The zero-order chi connectivity index (χ0) is 13.9. The molecule has 1 aliphatic rings. The van der Waals surface area contributed by atoms with Gasteiger partial charge < -0.3 is 14.2 Å². The van der Waals surface area contributed by atoms with Crippen LogP contribution in [0.25, 0.3) is 10.9 Å². The molecule has 0 unspecified atom stereocenters. The Morgan fingerprint density at radius 1 is 1.25 bits per heavy atom. The third-order valence-electron chi connectivity index (χ3n) is 3.92. The lowest BCUT2D eigenvalue weighted by molar-refractivity contribution is -0.135. The van der Waals surface area contributed by atoms with Crippen LogP contribution in [0.5, 0.6) is 0 Å². The van der Waals surface area contributed by atoms with Crippen molar-refractivity contribution < 1.29 is 9.53 Å². The van der Waals surface area contributed by atoms with Crippen LogP contribution in [0.3, 0.4) is 0 Å². The van der Waals surface area contributed by atoms with Crippen molar-refractivity contribution in [3.63, 3.8) is 0 Å². The highest BCUT2D eigenvalue weighted by Crippen LogP contribution is 2.21. The predicted octanol–water partition coefficient (Wildman–Crippen LogP) is 2.06. The minimum Gasteiger partial charge on any atom is -0.378 e. The number of para-hydroxylation sites is 1. The molecule has 0 spiro atoms. The van der Waals surface area contributed by atoms with Crippen LogP contribution in [-0.4, -0.2) is 41.7 Å². The molecule has 0 bridgehead atoms. The van der Waals surface area contributed by atoms with Gasteiger partial charge in [-0.15, -0.1) is 0 Å². The van der Waals surface area contributed by atoms with Crippen LogP contribution in [0, 0.1) is 0 Å². The van der Waals surface area contributed by atoms with Crippen LogP contribution in [-0.2, 0) is 22.5 Å². The number of amides is 1. The summed E-state index contributed by atoms with van der Waals surface area (Å²) in [6.07, 6.45) is 3.00. The molecule has 1 amide bonds. The van der Waals surface area contributed by atoms with E-state index in [9.17, 15) is 4.79 Å². The molecule has 0 N–H and O–H groups in total. The van der Waals surface area contributed by atoms with E-state index in [-0.39, 0.29) is 5.91 Å². The maximum atomic E-state index is 12.4. The number of morpholine rings is 1. The maximum absolute atomic E-state index is 12.4. The number of nitrogens with zero attached hydrogens (tertiary/aromatic N) is 2. The first-order valence-electron chi connectivity index (χ1n) is 7.22. The van der Waals surface area contributed by atoms with Gasteiger partial charge in [-0.1, -0.05) is 25.1 Å². The Morgan fingerprint density at radius 2 is 2.05 bits per heavy atom. The molecule has 106 valence electrons. The fourth-order valence-electron chi connectivity index (χ4n) is 2.82. The summed E-state index contributed by atoms with van der Waals surface area (Å²) >= 11 is 0. The SMILES string of the molecule is CCc1cccc2ccn(CC(=O)N3CCOCC3)c12. The standard InChI is InChI=1S/C16H20N2O2/c1-2-13-4-3-5-14-6-7-18(16(13)14)12-15(19)17-8-10-20-11-9-17/h3-7H,2,8-12H2,1H3. The van der Waals surface area contributed by atoms with Crippen molar-refractivity contribution in [2.75, 3.05) is 26.3 Å². The van der Waals surface area contributed by atoms with Crippen molar-refractivity contribution in [1.82, 2.24) is 9.47 Å². The highest BCUT2D eigenvalue weighted by molar-refractivity contribution is 5.85. The number of hydrogen-bond acceptors (Lipinski definition) is 2. The van der Waals surface area contributed by atoms with Gasteiger partial charge in [0.15, 0.2) is 0 Å². The van der Waals surface area contributed by atoms with Crippen molar-refractivity contribution in [2.45, 2.75) is 19.9 Å². The topological polar surface area (TPSA) is 34.5 Å². The summed E-state index contributed by atoms with van der Waals surface area (Å²) in [4.78, 5) is 14.3. The summed E-state index contributed by atoms with van der Waals surface area (Å²) in [5, 5.41) is 1.21. The van der Waals surface area contributed by atoms with E-state index in [1.54, 1.807) is 0 Å². The Hall–Kier alpha value is -1.81. The van der Waals surface area contributed by atoms with Crippen molar-refractivity contribution in [3.8, 4) is 0 Å². The first-order valence-corrected chi connectivity index (χ1v) is 7.22. The summed E-state index contributed by atoms with van der Waals surface area (Å²) in [5.41, 5.74) is 2.49. The van der Waals surface area contributed by atoms with Crippen molar-refractivity contribution in [2.24, 2.45) is 0 Å². The lowest BCUT2D eigenvalue weighted by atomic mass is 10.1. The average Bonchev–Trinajstić information content (AvgIpc) is 2.91. The van der Waals surface area contributed by atoms with E-state index >= 15 is 0 Å². The summed E-state index contributed by atoms with van der Waals surface area (Å²) in [5.74, 6) is 0.178. The molecular formula is C16H20N2O2. The van der Waals surface area contributed by atoms with Gasteiger partial charge in [0.05, 0.1) is 18.7 Å². The van der Waals surface area contributed by atoms with E-state index in [1.165, 1.54) is 16.5 Å². The van der Waals surface area contributed by atoms with Crippen molar-refractivity contribution >= 4 is 16.8 Å². The third-order valence-corrected chi connectivity index (χ3v) is 3.92. The zero-order valence-corrected chi connectivity index (χ0v) is 11.8. The van der Waals surface area contributed by atoms with Gasteiger partial charge in [0.25, 0.3) is 0 Å². The van der Waals surface area contributed by atoms with Gasteiger partial charge >= 0.3 is 0 Å². The molecule has 3 rings (SSSR count). The highest BCUT2D eigenvalue weighted by Gasteiger charge is 2.18. The monoisotopic (exact) mass is 272 g/mol. The van der Waals surface area contributed by atoms with E-state index in [4.69, 9.17) is 4.74 Å². The normalized spacial score (nSPS) is 15.8. The fourth-order valence-corrected chi connectivity index (χ4v) is 2.82. The first kappa shape index (κ1) is 13.2. The second kappa shape index (κ2) is 5.67. The Labute approximate surface area is 118 Å². The number of fused-ring (bicyclic) bond motifs is 1. The Morgan fingerprint density at radius 3 is 2.80 bits per heavy atom. The molecule has 2 aromatic rings. The number of hydrogen-bond donors (Lipinski definition) is 0. The van der Waals surface area contributed by atoms with Crippen LogP contribution in [0.2, 0.25) is 0 Å². The van der Waals surface area contributed by atoms with E-state index in [2.05, 4.69) is 35.8 Å². The largest absolute Gasteiger partial charge is 0.378 e. The molecule has 0 radical (unpaired) electrons. The lowest BCUT2D eigenvalue weighted by Gasteiger charge is -2.27. The number of aryl methyl sites for hydroxylation is 1. The smallest absolute Gasteiger partial charge is 0.242 e. The molecule has 1 aromatic carbocycles. The second-order valence-electron chi connectivity index (χ2n) is 5.15. The third kappa shape index (κ3) is 2.43. The molecule has 1 aromatic heterocycles. The zero-order valence-electron chi connectivity index (χ0n) is 11.8. The molecule has 4 heteroatoms. The summed E-state index contributed by atoms with van der Waals surface area (Å²) in [7, 11) is 0. The minimum atomic E-state index is 0.178. The first-order chi connectivity index (χ1) is 9.79. The molecule has 2 heterocycles. The molecule has 0 saturated carbocycles. The van der Waals surface area contributed by atoms with Crippen LogP contribution in [0.4, 0.5) is 0 Å². The molecule has 4 nitrogen and oxygen atoms in total. The van der Waals surface area contributed by atoms with Gasteiger partial charge in [-0.05, 0) is 23.4 Å². The predicted molar refractivity (Wildman–Crippen MR) is 78.7 cm³/mol. The summed E-state index contributed by atoms with van der Waals surface area (Å²) in [6, 6.07) is 8.40. The van der Waals surface area contributed by atoms with Crippen LogP contribution < -0.4 is 0 Å². The minimum absolute atomic E-state index is 0.178. The Bertz CT molecular complexity index is 612. The van der Waals surface area contributed by atoms with Gasteiger partial charge in [-0.25, -0.2) is 0 Å². The maximum Gasteiger partial charge on any atom is 0.242 e. The second-order valence-corrected chi connectivity index (χ2v) is 5.15. The van der Waals surface area contributed by atoms with Gasteiger partial charge in [0.2, 0.25) is 5.91 Å². The fraction of sp³-hybridized carbons (Fsp3) is 0.438.